The second-order valence-corrected chi connectivity index (χ2v) is 8.74. The van der Waals surface area contributed by atoms with Gasteiger partial charge in [-0.15, -0.1) is 0 Å². The van der Waals surface area contributed by atoms with E-state index in [4.69, 9.17) is 9.47 Å². The zero-order chi connectivity index (χ0) is 22.3. The Morgan fingerprint density at radius 3 is 2.33 bits per heavy atom. The molecule has 7 nitrogen and oxygen atoms in total. The van der Waals surface area contributed by atoms with E-state index < -0.39 is 23.6 Å². The zero-order valence-corrected chi connectivity index (χ0v) is 18.7. The van der Waals surface area contributed by atoms with Gasteiger partial charge in [-0.1, -0.05) is 31.4 Å². The summed E-state index contributed by atoms with van der Waals surface area (Å²) in [6, 6.07) is 6.60. The Bertz CT molecular complexity index is 750. The quantitative estimate of drug-likeness (QED) is 0.683. The van der Waals surface area contributed by atoms with E-state index >= 15 is 0 Å². The van der Waals surface area contributed by atoms with Crippen molar-refractivity contribution in [3.8, 4) is 0 Å². The van der Waals surface area contributed by atoms with E-state index in [-0.39, 0.29) is 18.5 Å². The first kappa shape index (κ1) is 23.7. The molecule has 1 amide bonds. The molecule has 1 aromatic carbocycles. The van der Waals surface area contributed by atoms with Gasteiger partial charge in [-0.05, 0) is 45.7 Å². The van der Waals surface area contributed by atoms with Crippen molar-refractivity contribution in [1.29, 1.82) is 0 Å². The van der Waals surface area contributed by atoms with Crippen molar-refractivity contribution in [2.24, 2.45) is 0 Å². The third-order valence-corrected chi connectivity index (χ3v) is 5.09. The van der Waals surface area contributed by atoms with Crippen LogP contribution in [0.25, 0.3) is 0 Å². The van der Waals surface area contributed by atoms with E-state index in [1.165, 1.54) is 20.5 Å². The van der Waals surface area contributed by atoms with Crippen molar-refractivity contribution in [3.63, 3.8) is 0 Å². The predicted molar refractivity (Wildman–Crippen MR) is 115 cm³/mol. The number of amides is 1. The van der Waals surface area contributed by atoms with E-state index in [9.17, 15) is 14.4 Å². The van der Waals surface area contributed by atoms with E-state index in [0.717, 1.165) is 25.7 Å². The lowest BCUT2D eigenvalue weighted by Crippen LogP contribution is -2.52. The Morgan fingerprint density at radius 2 is 1.77 bits per heavy atom. The molecule has 0 heterocycles. The largest absolute Gasteiger partial charge is 0.467 e. The van der Waals surface area contributed by atoms with Crippen LogP contribution < -0.4 is 10.2 Å². The minimum Gasteiger partial charge on any atom is -0.467 e. The summed E-state index contributed by atoms with van der Waals surface area (Å²) in [4.78, 5) is 39.0. The molecule has 1 unspecified atom stereocenters. The van der Waals surface area contributed by atoms with Gasteiger partial charge in [0.15, 0.2) is 0 Å². The second kappa shape index (κ2) is 10.5. The molecule has 0 saturated heterocycles. The van der Waals surface area contributed by atoms with E-state index in [1.54, 1.807) is 12.1 Å². The second-order valence-electron chi connectivity index (χ2n) is 8.74. The minimum atomic E-state index is -0.832. The number of para-hydroxylation sites is 1. The van der Waals surface area contributed by atoms with Gasteiger partial charge in [0.25, 0.3) is 0 Å². The molecule has 0 radical (unpaired) electrons. The Hall–Kier alpha value is -2.57. The fraction of sp³-hybridized carbons (Fsp3) is 0.609. The number of hydrogen-bond donors (Lipinski definition) is 1. The highest BCUT2D eigenvalue weighted by Gasteiger charge is 2.31. The molecular weight excluding hydrogens is 384 g/mol. The number of ether oxygens (including phenoxy) is 2. The summed E-state index contributed by atoms with van der Waals surface area (Å²) in [6.07, 6.45) is 5.25. The minimum absolute atomic E-state index is 0.156. The summed E-state index contributed by atoms with van der Waals surface area (Å²) < 4.78 is 10.5. The van der Waals surface area contributed by atoms with Crippen molar-refractivity contribution >= 4 is 23.5 Å². The predicted octanol–water partition coefficient (Wildman–Crippen LogP) is 3.46. The fourth-order valence-electron chi connectivity index (χ4n) is 3.83. The molecule has 0 bridgehead atoms. The highest BCUT2D eigenvalue weighted by Crippen LogP contribution is 2.31. The molecule has 0 aliphatic heterocycles. The van der Waals surface area contributed by atoms with E-state index in [1.807, 2.05) is 32.9 Å². The molecule has 166 valence electrons. The maximum absolute atomic E-state index is 12.9. The number of benzene rings is 1. The van der Waals surface area contributed by atoms with Crippen molar-refractivity contribution in [3.05, 3.63) is 29.8 Å². The van der Waals surface area contributed by atoms with Gasteiger partial charge in [0.05, 0.1) is 18.4 Å². The monoisotopic (exact) mass is 418 g/mol. The normalized spacial score (nSPS) is 15.8. The number of carbonyl (C=O) groups excluding carboxylic acids is 3. The fourth-order valence-corrected chi connectivity index (χ4v) is 3.83. The molecule has 1 saturated carbocycles. The van der Waals surface area contributed by atoms with Crippen molar-refractivity contribution in [2.75, 3.05) is 18.6 Å². The summed E-state index contributed by atoms with van der Waals surface area (Å²) in [5, 5.41) is 2.69. The molecule has 30 heavy (non-hydrogen) atoms. The number of nitrogens with zero attached hydrogens (tertiary/aromatic N) is 1. The average molecular weight is 419 g/mol. The molecule has 0 spiro atoms. The van der Waals surface area contributed by atoms with Crippen molar-refractivity contribution in [2.45, 2.75) is 77.5 Å². The average Bonchev–Trinajstić information content (AvgIpc) is 2.69. The summed E-state index contributed by atoms with van der Waals surface area (Å²) in [7, 11) is 1.30. The van der Waals surface area contributed by atoms with Crippen LogP contribution in [0.3, 0.4) is 0 Å². The van der Waals surface area contributed by atoms with Crippen LogP contribution >= 0.6 is 0 Å². The van der Waals surface area contributed by atoms with Crippen LogP contribution in [0.4, 0.5) is 5.69 Å². The number of anilines is 1. The molecule has 1 aliphatic carbocycles. The first-order chi connectivity index (χ1) is 14.1. The first-order valence-electron chi connectivity index (χ1n) is 10.6. The van der Waals surface area contributed by atoms with Crippen LogP contribution in [-0.4, -0.2) is 49.2 Å². The summed E-state index contributed by atoms with van der Waals surface area (Å²) in [5.41, 5.74) is 0.535. The van der Waals surface area contributed by atoms with Crippen LogP contribution in [0, 0.1) is 0 Å². The molecule has 1 aromatic rings. The van der Waals surface area contributed by atoms with Crippen molar-refractivity contribution in [1.82, 2.24) is 5.32 Å². The van der Waals surface area contributed by atoms with Gasteiger partial charge in [0, 0.05) is 19.5 Å². The third kappa shape index (κ3) is 6.75. The van der Waals surface area contributed by atoms with Gasteiger partial charge >= 0.3 is 11.9 Å². The highest BCUT2D eigenvalue weighted by atomic mass is 16.6. The number of carbonyl (C=O) groups is 3. The molecular formula is C23H34N2O5. The Kier molecular flexibility index (Phi) is 8.26. The molecule has 2 rings (SSSR count). The maximum Gasteiger partial charge on any atom is 0.340 e. The van der Waals surface area contributed by atoms with Gasteiger partial charge in [-0.2, -0.15) is 0 Å². The SMILES string of the molecule is COC(=O)C(CN(c1ccccc1C(=O)OC(C)(C)C)C1CCCCC1)NC(C)=O. The van der Waals surface area contributed by atoms with Gasteiger partial charge < -0.3 is 19.7 Å². The Morgan fingerprint density at radius 1 is 1.13 bits per heavy atom. The third-order valence-electron chi connectivity index (χ3n) is 5.09. The molecule has 1 N–H and O–H groups in total. The first-order valence-corrected chi connectivity index (χ1v) is 10.6. The van der Waals surface area contributed by atoms with Gasteiger partial charge in [0.2, 0.25) is 5.91 Å². The summed E-state index contributed by atoms with van der Waals surface area (Å²) >= 11 is 0. The number of methoxy groups -OCH3 is 1. The molecule has 7 heteroatoms. The van der Waals surface area contributed by atoms with Crippen LogP contribution in [0.2, 0.25) is 0 Å². The molecule has 1 atom stereocenters. The van der Waals surface area contributed by atoms with E-state index in [0.29, 0.717) is 11.3 Å². The smallest absolute Gasteiger partial charge is 0.340 e. The number of nitrogens with one attached hydrogen (secondary N) is 1. The summed E-state index contributed by atoms with van der Waals surface area (Å²) in [5.74, 6) is -1.23. The number of esters is 2. The molecule has 0 aromatic heterocycles. The number of rotatable bonds is 7. The number of hydrogen-bond acceptors (Lipinski definition) is 6. The zero-order valence-electron chi connectivity index (χ0n) is 18.7. The van der Waals surface area contributed by atoms with Crippen LogP contribution in [-0.2, 0) is 19.1 Å². The van der Waals surface area contributed by atoms with Gasteiger partial charge in [-0.3, -0.25) is 4.79 Å². The molecule has 1 aliphatic rings. The Labute approximate surface area is 179 Å². The lowest BCUT2D eigenvalue weighted by atomic mass is 9.92. The summed E-state index contributed by atoms with van der Waals surface area (Å²) in [6.45, 7) is 7.08. The standard InChI is InChI=1S/C23H34N2O5/c1-16(26)24-19(22(28)29-5)15-25(17-11-7-6-8-12-17)20-14-10-9-13-18(20)21(27)30-23(2,3)4/h9-10,13-14,17,19H,6-8,11-12,15H2,1-5H3,(H,24,26). The molecule has 1 fully saturated rings. The van der Waals surface area contributed by atoms with Gasteiger partial charge in [-0.25, -0.2) is 9.59 Å². The topological polar surface area (TPSA) is 84.9 Å². The lowest BCUT2D eigenvalue weighted by molar-refractivity contribution is -0.144. The Balaban J connectivity index is 2.43. The van der Waals surface area contributed by atoms with E-state index in [2.05, 4.69) is 10.2 Å². The van der Waals surface area contributed by atoms with Crippen molar-refractivity contribution < 1.29 is 23.9 Å². The van der Waals surface area contributed by atoms with Gasteiger partial charge in [0.1, 0.15) is 11.6 Å². The van der Waals surface area contributed by atoms with Crippen LogP contribution in [0.15, 0.2) is 24.3 Å². The highest BCUT2D eigenvalue weighted by molar-refractivity contribution is 5.96. The van der Waals surface area contributed by atoms with Crippen LogP contribution in [0.5, 0.6) is 0 Å². The lowest BCUT2D eigenvalue weighted by Gasteiger charge is -2.38. The van der Waals surface area contributed by atoms with Crippen LogP contribution in [0.1, 0.15) is 70.2 Å². The maximum atomic E-state index is 12.9.